The van der Waals surface area contributed by atoms with Crippen molar-refractivity contribution in [2.24, 2.45) is 0 Å². The fraction of sp³-hybridized carbons (Fsp3) is 0.438. The Balaban J connectivity index is 1.40. The highest BCUT2D eigenvalue weighted by Gasteiger charge is 2.44. The van der Waals surface area contributed by atoms with E-state index in [-0.39, 0.29) is 0 Å². The molecule has 120 valence electrons. The molecule has 2 unspecified atom stereocenters. The van der Waals surface area contributed by atoms with Gasteiger partial charge in [0.25, 0.3) is 0 Å². The fourth-order valence-electron chi connectivity index (χ4n) is 3.41. The quantitative estimate of drug-likeness (QED) is 0.854. The summed E-state index contributed by atoms with van der Waals surface area (Å²) in [6.45, 7) is 2.85. The molecule has 23 heavy (non-hydrogen) atoms. The van der Waals surface area contributed by atoms with E-state index in [1.807, 2.05) is 12.3 Å². The lowest BCUT2D eigenvalue weighted by Gasteiger charge is -2.56. The Morgan fingerprint density at radius 3 is 2.48 bits per heavy atom. The molecule has 7 heteroatoms. The average Bonchev–Trinajstić information content (AvgIpc) is 2.61. The first-order valence-electron chi connectivity index (χ1n) is 7.70. The van der Waals surface area contributed by atoms with Crippen molar-refractivity contribution in [3.05, 3.63) is 41.3 Å². The van der Waals surface area contributed by atoms with E-state index in [0.717, 1.165) is 25.6 Å². The second-order valence-corrected chi connectivity index (χ2v) is 6.47. The van der Waals surface area contributed by atoms with Crippen molar-refractivity contribution in [1.82, 2.24) is 19.9 Å². The van der Waals surface area contributed by atoms with Crippen LogP contribution in [0.25, 0.3) is 0 Å². The van der Waals surface area contributed by atoms with Crippen molar-refractivity contribution < 1.29 is 4.74 Å². The molecule has 3 aliphatic heterocycles. The van der Waals surface area contributed by atoms with Gasteiger partial charge in [-0.15, -0.1) is 0 Å². The zero-order valence-corrected chi connectivity index (χ0v) is 13.6. The smallest absolute Gasteiger partial charge is 0.225 e. The zero-order chi connectivity index (χ0) is 15.8. The van der Waals surface area contributed by atoms with E-state index in [2.05, 4.69) is 30.8 Å². The van der Waals surface area contributed by atoms with Crippen LogP contribution < -0.4 is 9.64 Å². The SMILES string of the molecule is COc1ccc(CN2C3CC2CN(c2ncc(Cl)cn2)C3)cn1. The van der Waals surface area contributed by atoms with E-state index in [0.29, 0.717) is 23.0 Å². The Bertz CT molecular complexity index is 666. The largest absolute Gasteiger partial charge is 0.481 e. The Labute approximate surface area is 140 Å². The highest BCUT2D eigenvalue weighted by Crippen LogP contribution is 2.34. The Kier molecular flexibility index (Phi) is 3.79. The molecule has 5 heterocycles. The van der Waals surface area contributed by atoms with Crippen molar-refractivity contribution in [2.75, 3.05) is 25.1 Å². The van der Waals surface area contributed by atoms with Crippen LogP contribution in [0.1, 0.15) is 12.0 Å². The number of piperazine rings is 1. The van der Waals surface area contributed by atoms with Crippen LogP contribution >= 0.6 is 11.6 Å². The lowest BCUT2D eigenvalue weighted by atomic mass is 9.87. The van der Waals surface area contributed by atoms with Crippen molar-refractivity contribution in [2.45, 2.75) is 25.0 Å². The van der Waals surface area contributed by atoms with Crippen molar-refractivity contribution in [3.8, 4) is 5.88 Å². The second kappa shape index (κ2) is 5.94. The summed E-state index contributed by atoms with van der Waals surface area (Å²) in [5, 5.41) is 0.574. The van der Waals surface area contributed by atoms with Gasteiger partial charge in [0.15, 0.2) is 0 Å². The van der Waals surface area contributed by atoms with Crippen LogP contribution in [0.2, 0.25) is 5.02 Å². The number of aromatic nitrogens is 3. The molecule has 0 amide bonds. The number of rotatable bonds is 4. The van der Waals surface area contributed by atoms with Gasteiger partial charge in [0, 0.05) is 44.0 Å². The van der Waals surface area contributed by atoms with Gasteiger partial charge >= 0.3 is 0 Å². The Morgan fingerprint density at radius 2 is 1.87 bits per heavy atom. The maximum atomic E-state index is 5.86. The van der Waals surface area contributed by atoms with Gasteiger partial charge in [-0.1, -0.05) is 17.7 Å². The number of piperidine rings is 1. The molecule has 2 bridgehead atoms. The van der Waals surface area contributed by atoms with E-state index in [9.17, 15) is 0 Å². The standard InChI is InChI=1S/C16H18ClN5O/c1-23-15-3-2-11(5-18-15)8-22-13-4-14(22)10-21(9-13)16-19-6-12(17)7-20-16/h2-3,5-7,13-14H,4,8-10H2,1H3. The van der Waals surface area contributed by atoms with Crippen molar-refractivity contribution >= 4 is 17.5 Å². The molecule has 0 radical (unpaired) electrons. The number of halogens is 1. The first kappa shape index (κ1) is 14.7. The van der Waals surface area contributed by atoms with Gasteiger partial charge in [-0.2, -0.15) is 0 Å². The van der Waals surface area contributed by atoms with Crippen LogP contribution in [0.5, 0.6) is 5.88 Å². The minimum Gasteiger partial charge on any atom is -0.481 e. The monoisotopic (exact) mass is 331 g/mol. The highest BCUT2D eigenvalue weighted by molar-refractivity contribution is 6.30. The third kappa shape index (κ3) is 2.84. The van der Waals surface area contributed by atoms with E-state index in [1.165, 1.54) is 12.0 Å². The summed E-state index contributed by atoms with van der Waals surface area (Å²) in [4.78, 5) is 17.7. The van der Waals surface area contributed by atoms with Gasteiger partial charge in [-0.3, -0.25) is 4.90 Å². The first-order chi connectivity index (χ1) is 11.2. The molecule has 0 saturated carbocycles. The third-order valence-electron chi connectivity index (χ3n) is 4.61. The minimum atomic E-state index is 0.551. The molecule has 2 aromatic heterocycles. The summed E-state index contributed by atoms with van der Waals surface area (Å²) in [6, 6.07) is 5.10. The summed E-state index contributed by atoms with van der Waals surface area (Å²) in [5.41, 5.74) is 1.22. The van der Waals surface area contributed by atoms with Crippen LogP contribution in [0.3, 0.4) is 0 Å². The van der Waals surface area contributed by atoms with E-state index in [1.54, 1.807) is 19.5 Å². The maximum Gasteiger partial charge on any atom is 0.225 e. The Morgan fingerprint density at radius 1 is 1.13 bits per heavy atom. The number of ether oxygens (including phenoxy) is 1. The summed E-state index contributed by atoms with van der Waals surface area (Å²) in [7, 11) is 1.63. The molecule has 2 atom stereocenters. The predicted molar refractivity (Wildman–Crippen MR) is 87.8 cm³/mol. The van der Waals surface area contributed by atoms with Gasteiger partial charge in [0.2, 0.25) is 11.8 Å². The van der Waals surface area contributed by atoms with Crippen molar-refractivity contribution in [3.63, 3.8) is 0 Å². The van der Waals surface area contributed by atoms with Gasteiger partial charge in [-0.25, -0.2) is 15.0 Å². The lowest BCUT2D eigenvalue weighted by molar-refractivity contribution is -0.00904. The summed E-state index contributed by atoms with van der Waals surface area (Å²) in [5.74, 6) is 1.43. The third-order valence-corrected chi connectivity index (χ3v) is 4.80. The highest BCUT2D eigenvalue weighted by atomic mass is 35.5. The fourth-order valence-corrected chi connectivity index (χ4v) is 3.51. The zero-order valence-electron chi connectivity index (χ0n) is 12.9. The molecule has 0 aliphatic carbocycles. The van der Waals surface area contributed by atoms with Crippen LogP contribution in [0.15, 0.2) is 30.7 Å². The molecule has 0 aromatic carbocycles. The van der Waals surface area contributed by atoms with Crippen molar-refractivity contribution in [1.29, 1.82) is 0 Å². The molecule has 2 aromatic rings. The summed E-state index contributed by atoms with van der Waals surface area (Å²) < 4.78 is 5.11. The topological polar surface area (TPSA) is 54.4 Å². The number of methoxy groups -OCH3 is 1. The minimum absolute atomic E-state index is 0.551. The van der Waals surface area contributed by atoms with Gasteiger partial charge < -0.3 is 9.64 Å². The predicted octanol–water partition coefficient (Wildman–Crippen LogP) is 2.00. The first-order valence-corrected chi connectivity index (χ1v) is 8.08. The number of hydrogen-bond acceptors (Lipinski definition) is 6. The van der Waals surface area contributed by atoms with Crippen LogP contribution in [-0.2, 0) is 6.54 Å². The molecule has 6 nitrogen and oxygen atoms in total. The molecule has 3 aliphatic rings. The number of hydrogen-bond donors (Lipinski definition) is 0. The van der Waals surface area contributed by atoms with Crippen LogP contribution in [-0.4, -0.2) is 52.1 Å². The maximum absolute atomic E-state index is 5.86. The van der Waals surface area contributed by atoms with Gasteiger partial charge in [0.05, 0.1) is 24.5 Å². The van der Waals surface area contributed by atoms with E-state index < -0.39 is 0 Å². The summed E-state index contributed by atoms with van der Waals surface area (Å²) >= 11 is 5.86. The van der Waals surface area contributed by atoms with Gasteiger partial charge in [0.1, 0.15) is 0 Å². The average molecular weight is 332 g/mol. The number of fused-ring (bicyclic) bond motifs is 2. The number of pyridine rings is 1. The lowest BCUT2D eigenvalue weighted by Crippen LogP contribution is -2.68. The molecule has 0 N–H and O–H groups in total. The summed E-state index contributed by atoms with van der Waals surface area (Å²) in [6.07, 6.45) is 6.45. The molecular formula is C16H18ClN5O. The number of anilines is 1. The molecule has 3 saturated heterocycles. The van der Waals surface area contributed by atoms with E-state index >= 15 is 0 Å². The number of nitrogens with zero attached hydrogens (tertiary/aromatic N) is 5. The molecule has 0 spiro atoms. The molecule has 5 rings (SSSR count). The molecular weight excluding hydrogens is 314 g/mol. The Hall–Kier alpha value is -1.92. The normalized spacial score (nSPS) is 23.5. The van der Waals surface area contributed by atoms with E-state index in [4.69, 9.17) is 16.3 Å². The molecule has 3 fully saturated rings. The second-order valence-electron chi connectivity index (χ2n) is 6.03. The van der Waals surface area contributed by atoms with Crippen LogP contribution in [0, 0.1) is 0 Å². The van der Waals surface area contributed by atoms with Gasteiger partial charge in [-0.05, 0) is 12.0 Å². The van der Waals surface area contributed by atoms with Crippen LogP contribution in [0.4, 0.5) is 5.95 Å².